The van der Waals surface area contributed by atoms with E-state index in [9.17, 15) is 9.59 Å². The number of benzene rings is 3. The maximum Gasteiger partial charge on any atom is 0.325 e. The Kier molecular flexibility index (Phi) is 8.18. The van der Waals surface area contributed by atoms with Gasteiger partial charge in [0, 0.05) is 4.47 Å². The molecule has 1 aliphatic heterocycles. The van der Waals surface area contributed by atoms with Crippen molar-refractivity contribution >= 4 is 56.9 Å². The third-order valence-electron chi connectivity index (χ3n) is 5.76. The lowest BCUT2D eigenvalue weighted by Crippen LogP contribution is -2.35. The molecule has 1 amide bonds. The number of carbonyl (C=O) groups excluding carboxylic acids is 2. The van der Waals surface area contributed by atoms with Crippen molar-refractivity contribution in [3.05, 3.63) is 99.7 Å². The van der Waals surface area contributed by atoms with Crippen LogP contribution in [0.3, 0.4) is 0 Å². The van der Waals surface area contributed by atoms with Crippen molar-refractivity contribution in [2.75, 3.05) is 18.6 Å². The fourth-order valence-electron chi connectivity index (χ4n) is 3.70. The standard InChI is InChI=1S/C28H25BrN2O4S/c1-3-19-6-12-23(13-7-19)31-27(33)25(30(28(31)36)17-26(32)34-2)16-20-8-14-24(15-9-20)35-18-21-4-10-22(29)11-5-21/h4-16H,3,17-18H2,1-2H3/b25-16-. The number of rotatable bonds is 8. The summed E-state index contributed by atoms with van der Waals surface area (Å²) < 4.78 is 11.7. The lowest BCUT2D eigenvalue weighted by molar-refractivity contribution is -0.140. The van der Waals surface area contributed by atoms with Gasteiger partial charge in [0.25, 0.3) is 5.91 Å². The van der Waals surface area contributed by atoms with E-state index in [1.807, 2.05) is 72.8 Å². The minimum Gasteiger partial charge on any atom is -0.489 e. The van der Waals surface area contributed by atoms with Crippen molar-refractivity contribution in [3.63, 3.8) is 0 Å². The molecule has 1 saturated heterocycles. The molecule has 0 radical (unpaired) electrons. The van der Waals surface area contributed by atoms with Gasteiger partial charge in [-0.05, 0) is 77.8 Å². The summed E-state index contributed by atoms with van der Waals surface area (Å²) >= 11 is 9.04. The number of ether oxygens (including phenoxy) is 2. The van der Waals surface area contributed by atoms with Crippen molar-refractivity contribution in [2.24, 2.45) is 0 Å². The SMILES string of the molecule is CCc1ccc(N2C(=O)/C(=C/c3ccc(OCc4ccc(Br)cc4)cc3)N(CC(=O)OC)C2=S)cc1. The topological polar surface area (TPSA) is 59.1 Å². The number of hydrogen-bond donors (Lipinski definition) is 0. The number of aryl methyl sites for hydroxylation is 1. The molecule has 36 heavy (non-hydrogen) atoms. The number of anilines is 1. The van der Waals surface area contributed by atoms with E-state index >= 15 is 0 Å². The van der Waals surface area contributed by atoms with Crippen LogP contribution < -0.4 is 9.64 Å². The Morgan fingerprint density at radius 2 is 1.61 bits per heavy atom. The van der Waals surface area contributed by atoms with Gasteiger partial charge in [0.05, 0.1) is 12.8 Å². The van der Waals surface area contributed by atoms with Gasteiger partial charge in [-0.15, -0.1) is 0 Å². The van der Waals surface area contributed by atoms with Gasteiger partial charge < -0.3 is 14.4 Å². The van der Waals surface area contributed by atoms with Crippen LogP contribution in [0.15, 0.2) is 83.0 Å². The number of hydrogen-bond acceptors (Lipinski definition) is 5. The molecule has 0 aromatic heterocycles. The molecule has 3 aromatic carbocycles. The maximum atomic E-state index is 13.5. The summed E-state index contributed by atoms with van der Waals surface area (Å²) in [7, 11) is 1.31. The average Bonchev–Trinajstić information content (AvgIpc) is 3.13. The molecule has 0 aliphatic carbocycles. The minimum absolute atomic E-state index is 0.162. The molecule has 4 rings (SSSR count). The molecule has 0 saturated carbocycles. The van der Waals surface area contributed by atoms with Gasteiger partial charge in [0.1, 0.15) is 24.6 Å². The Balaban J connectivity index is 1.56. The molecule has 1 fully saturated rings. The molecule has 3 aromatic rings. The number of amides is 1. The second kappa shape index (κ2) is 11.5. The lowest BCUT2D eigenvalue weighted by atomic mass is 10.1. The maximum absolute atomic E-state index is 13.5. The normalized spacial score (nSPS) is 14.5. The third kappa shape index (κ3) is 5.83. The van der Waals surface area contributed by atoms with Crippen LogP contribution >= 0.6 is 28.1 Å². The summed E-state index contributed by atoms with van der Waals surface area (Å²) in [6, 6.07) is 23.0. The Morgan fingerprint density at radius 3 is 2.22 bits per heavy atom. The minimum atomic E-state index is -0.490. The van der Waals surface area contributed by atoms with E-state index in [0.717, 1.165) is 27.6 Å². The highest BCUT2D eigenvalue weighted by Crippen LogP contribution is 2.30. The number of esters is 1. The molecule has 0 atom stereocenters. The Bertz CT molecular complexity index is 1290. The Labute approximate surface area is 224 Å². The number of methoxy groups -OCH3 is 1. The van der Waals surface area contributed by atoms with Gasteiger partial charge in [0.2, 0.25) is 0 Å². The smallest absolute Gasteiger partial charge is 0.325 e. The molecule has 6 nitrogen and oxygen atoms in total. The first-order valence-corrected chi connectivity index (χ1v) is 12.6. The van der Waals surface area contributed by atoms with Crippen LogP contribution in [0.25, 0.3) is 6.08 Å². The molecule has 0 N–H and O–H groups in total. The van der Waals surface area contributed by atoms with Crippen molar-refractivity contribution in [3.8, 4) is 5.75 Å². The van der Waals surface area contributed by atoms with Crippen LogP contribution in [0, 0.1) is 0 Å². The van der Waals surface area contributed by atoms with Gasteiger partial charge in [-0.1, -0.05) is 59.3 Å². The third-order valence-corrected chi connectivity index (χ3v) is 6.69. The molecule has 0 bridgehead atoms. The number of nitrogens with zero attached hydrogens (tertiary/aromatic N) is 2. The highest BCUT2D eigenvalue weighted by Gasteiger charge is 2.40. The van der Waals surface area contributed by atoms with Crippen molar-refractivity contribution < 1.29 is 19.1 Å². The molecule has 8 heteroatoms. The Morgan fingerprint density at radius 1 is 0.972 bits per heavy atom. The van der Waals surface area contributed by atoms with E-state index in [1.54, 1.807) is 6.08 Å². The highest BCUT2D eigenvalue weighted by atomic mass is 79.9. The fourth-order valence-corrected chi connectivity index (χ4v) is 4.32. The van der Waals surface area contributed by atoms with Gasteiger partial charge in [-0.2, -0.15) is 0 Å². The first-order chi connectivity index (χ1) is 17.4. The van der Waals surface area contributed by atoms with Crippen LogP contribution in [0.1, 0.15) is 23.6 Å². The molecule has 184 valence electrons. The monoisotopic (exact) mass is 564 g/mol. The summed E-state index contributed by atoms with van der Waals surface area (Å²) in [5.41, 5.74) is 3.93. The lowest BCUT2D eigenvalue weighted by Gasteiger charge is -2.19. The van der Waals surface area contributed by atoms with E-state index in [0.29, 0.717) is 23.7 Å². The zero-order valence-corrected chi connectivity index (χ0v) is 22.3. The highest BCUT2D eigenvalue weighted by molar-refractivity contribution is 9.10. The molecule has 0 spiro atoms. The zero-order chi connectivity index (χ0) is 25.7. The van der Waals surface area contributed by atoms with Crippen molar-refractivity contribution in [2.45, 2.75) is 20.0 Å². The summed E-state index contributed by atoms with van der Waals surface area (Å²) in [5, 5.41) is 0.232. The number of halogens is 1. The van der Waals surface area contributed by atoms with Gasteiger partial charge in [-0.25, -0.2) is 0 Å². The van der Waals surface area contributed by atoms with Crippen LogP contribution in [-0.2, 0) is 27.4 Å². The summed E-state index contributed by atoms with van der Waals surface area (Å²) in [5.74, 6) is -0.0861. The van der Waals surface area contributed by atoms with E-state index in [-0.39, 0.29) is 17.6 Å². The van der Waals surface area contributed by atoms with E-state index in [1.165, 1.54) is 16.9 Å². The van der Waals surface area contributed by atoms with Gasteiger partial charge >= 0.3 is 5.97 Å². The second-order valence-electron chi connectivity index (χ2n) is 8.12. The van der Waals surface area contributed by atoms with Gasteiger partial charge in [-0.3, -0.25) is 14.5 Å². The zero-order valence-electron chi connectivity index (χ0n) is 19.9. The quantitative estimate of drug-likeness (QED) is 0.197. The largest absolute Gasteiger partial charge is 0.489 e. The first-order valence-electron chi connectivity index (χ1n) is 11.4. The molecular formula is C28H25BrN2O4S. The summed E-state index contributed by atoms with van der Waals surface area (Å²) in [4.78, 5) is 28.5. The predicted molar refractivity (Wildman–Crippen MR) is 148 cm³/mol. The molecular weight excluding hydrogens is 540 g/mol. The fraction of sp³-hybridized carbons (Fsp3) is 0.179. The predicted octanol–water partition coefficient (Wildman–Crippen LogP) is 5.74. The van der Waals surface area contributed by atoms with Crippen LogP contribution in [0.4, 0.5) is 5.69 Å². The number of carbonyl (C=O) groups is 2. The molecule has 0 unspecified atom stereocenters. The van der Waals surface area contributed by atoms with Crippen molar-refractivity contribution in [1.29, 1.82) is 0 Å². The van der Waals surface area contributed by atoms with Crippen molar-refractivity contribution in [1.82, 2.24) is 4.90 Å². The molecule has 1 aliphatic rings. The van der Waals surface area contributed by atoms with Gasteiger partial charge in [0.15, 0.2) is 5.11 Å². The average molecular weight is 565 g/mol. The summed E-state index contributed by atoms with van der Waals surface area (Å²) in [6.07, 6.45) is 2.61. The van der Waals surface area contributed by atoms with E-state index in [2.05, 4.69) is 22.9 Å². The van der Waals surface area contributed by atoms with Crippen LogP contribution in [0.2, 0.25) is 0 Å². The van der Waals surface area contributed by atoms with Crippen LogP contribution in [-0.4, -0.2) is 35.5 Å². The van der Waals surface area contributed by atoms with Crippen LogP contribution in [0.5, 0.6) is 5.75 Å². The first kappa shape index (κ1) is 25.6. The molecule has 1 heterocycles. The number of thiocarbonyl (C=S) groups is 1. The Hall–Kier alpha value is -3.49. The second-order valence-corrected chi connectivity index (χ2v) is 9.40. The van der Waals surface area contributed by atoms with E-state index < -0.39 is 5.97 Å². The summed E-state index contributed by atoms with van der Waals surface area (Å²) in [6.45, 7) is 2.35. The van der Waals surface area contributed by atoms with E-state index in [4.69, 9.17) is 21.7 Å².